The smallest absolute Gasteiger partial charge is 0.309 e. The van der Waals surface area contributed by atoms with Gasteiger partial charge in [0.2, 0.25) is 11.7 Å². The monoisotopic (exact) mass is 278 g/mol. The Morgan fingerprint density at radius 3 is 3.16 bits per heavy atom. The van der Waals surface area contributed by atoms with Crippen molar-refractivity contribution in [2.75, 3.05) is 7.11 Å². The maximum Gasteiger partial charge on any atom is 0.309 e. The van der Waals surface area contributed by atoms with E-state index in [1.165, 1.54) is 7.11 Å². The fourth-order valence-electron chi connectivity index (χ4n) is 2.58. The van der Waals surface area contributed by atoms with Crippen LogP contribution in [0.5, 0.6) is 0 Å². The molecule has 2 aromatic rings. The van der Waals surface area contributed by atoms with Gasteiger partial charge < -0.3 is 9.26 Å². The van der Waals surface area contributed by atoms with Gasteiger partial charge in [-0.25, -0.2) is 0 Å². The highest BCUT2D eigenvalue weighted by atomic mass is 32.1. The molecule has 1 aliphatic carbocycles. The third-order valence-corrected chi connectivity index (χ3v) is 4.24. The standard InChI is InChI=1S/C13H14N2O3S/c1-17-13(16)10-4-2-3-9(10)12-14-11(15-18-12)8-5-6-19-7-8/h5-7,9-10H,2-4H2,1H3/t9-,10+/m1/s1. The van der Waals surface area contributed by atoms with Crippen LogP contribution in [0, 0.1) is 5.92 Å². The molecule has 1 fully saturated rings. The van der Waals surface area contributed by atoms with Gasteiger partial charge in [-0.3, -0.25) is 4.79 Å². The number of aromatic nitrogens is 2. The third-order valence-electron chi connectivity index (χ3n) is 3.56. The fraction of sp³-hybridized carbons (Fsp3) is 0.462. The van der Waals surface area contributed by atoms with Gasteiger partial charge in [-0.1, -0.05) is 11.6 Å². The summed E-state index contributed by atoms with van der Waals surface area (Å²) < 4.78 is 10.2. The van der Waals surface area contributed by atoms with Crippen molar-refractivity contribution in [3.63, 3.8) is 0 Å². The second-order valence-electron chi connectivity index (χ2n) is 4.64. The molecule has 2 atom stereocenters. The molecule has 0 spiro atoms. The van der Waals surface area contributed by atoms with Crippen molar-refractivity contribution < 1.29 is 14.1 Å². The van der Waals surface area contributed by atoms with Crippen molar-refractivity contribution in [1.29, 1.82) is 0 Å². The number of rotatable bonds is 3. The maximum absolute atomic E-state index is 11.7. The summed E-state index contributed by atoms with van der Waals surface area (Å²) in [6, 6.07) is 1.95. The average Bonchev–Trinajstić information content (AvgIpc) is 3.14. The van der Waals surface area contributed by atoms with Crippen LogP contribution in [0.4, 0.5) is 0 Å². The number of esters is 1. The van der Waals surface area contributed by atoms with Crippen molar-refractivity contribution in [1.82, 2.24) is 10.1 Å². The molecule has 0 aromatic carbocycles. The molecule has 100 valence electrons. The minimum atomic E-state index is -0.183. The molecular formula is C13H14N2O3S. The number of methoxy groups -OCH3 is 1. The van der Waals surface area contributed by atoms with Gasteiger partial charge in [0.05, 0.1) is 18.9 Å². The molecule has 5 nitrogen and oxygen atoms in total. The topological polar surface area (TPSA) is 65.2 Å². The lowest BCUT2D eigenvalue weighted by molar-refractivity contribution is -0.145. The minimum absolute atomic E-state index is 0.00710. The van der Waals surface area contributed by atoms with Crippen molar-refractivity contribution in [3.05, 3.63) is 22.7 Å². The minimum Gasteiger partial charge on any atom is -0.469 e. The Hall–Kier alpha value is -1.69. The quantitative estimate of drug-likeness (QED) is 0.808. The van der Waals surface area contributed by atoms with E-state index < -0.39 is 0 Å². The summed E-state index contributed by atoms with van der Waals surface area (Å²) >= 11 is 1.59. The van der Waals surface area contributed by atoms with E-state index in [0.717, 1.165) is 24.8 Å². The van der Waals surface area contributed by atoms with E-state index in [0.29, 0.717) is 11.7 Å². The number of hydrogen-bond donors (Lipinski definition) is 0. The Labute approximate surface area is 114 Å². The summed E-state index contributed by atoms with van der Waals surface area (Å²) in [4.78, 5) is 16.1. The number of ether oxygens (including phenoxy) is 1. The molecular weight excluding hydrogens is 264 g/mol. The molecule has 0 bridgehead atoms. The zero-order valence-corrected chi connectivity index (χ0v) is 11.4. The highest BCUT2D eigenvalue weighted by Crippen LogP contribution is 2.40. The first-order valence-electron chi connectivity index (χ1n) is 6.23. The van der Waals surface area contributed by atoms with Gasteiger partial charge >= 0.3 is 5.97 Å². The third kappa shape index (κ3) is 2.28. The summed E-state index contributed by atoms with van der Waals surface area (Å²) in [5.74, 6) is 0.798. The van der Waals surface area contributed by atoms with Gasteiger partial charge in [0, 0.05) is 10.9 Å². The number of thiophene rings is 1. The molecule has 1 saturated carbocycles. The molecule has 3 rings (SSSR count). The largest absolute Gasteiger partial charge is 0.469 e. The summed E-state index contributed by atoms with van der Waals surface area (Å²) in [6.07, 6.45) is 2.71. The van der Waals surface area contributed by atoms with E-state index in [1.807, 2.05) is 16.8 Å². The van der Waals surface area contributed by atoms with E-state index in [9.17, 15) is 4.79 Å². The summed E-state index contributed by atoms with van der Waals surface area (Å²) in [6.45, 7) is 0. The lowest BCUT2D eigenvalue weighted by Crippen LogP contribution is -2.19. The Morgan fingerprint density at radius 2 is 2.42 bits per heavy atom. The molecule has 2 aromatic heterocycles. The molecule has 0 amide bonds. The molecule has 0 N–H and O–H groups in total. The Kier molecular flexibility index (Phi) is 3.33. The molecule has 2 heterocycles. The van der Waals surface area contributed by atoms with Crippen molar-refractivity contribution in [2.24, 2.45) is 5.92 Å². The first-order chi connectivity index (χ1) is 9.29. The highest BCUT2D eigenvalue weighted by Gasteiger charge is 2.38. The Bertz CT molecular complexity index is 564. The van der Waals surface area contributed by atoms with Gasteiger partial charge in [-0.05, 0) is 24.3 Å². The number of carbonyl (C=O) groups excluding carboxylic acids is 1. The predicted molar refractivity (Wildman–Crippen MR) is 69.7 cm³/mol. The fourth-order valence-corrected chi connectivity index (χ4v) is 3.22. The van der Waals surface area contributed by atoms with Crippen molar-refractivity contribution in [3.8, 4) is 11.4 Å². The van der Waals surface area contributed by atoms with Crippen molar-refractivity contribution >= 4 is 17.3 Å². The average molecular weight is 278 g/mol. The van der Waals surface area contributed by atoms with Crippen LogP contribution in [0.1, 0.15) is 31.1 Å². The van der Waals surface area contributed by atoms with E-state index >= 15 is 0 Å². The van der Waals surface area contributed by atoms with Crippen LogP contribution in [0.25, 0.3) is 11.4 Å². The van der Waals surface area contributed by atoms with Gasteiger partial charge in [0.15, 0.2) is 0 Å². The number of hydrogen-bond acceptors (Lipinski definition) is 6. The molecule has 0 saturated heterocycles. The van der Waals surface area contributed by atoms with E-state index in [2.05, 4.69) is 10.1 Å². The second-order valence-corrected chi connectivity index (χ2v) is 5.42. The summed E-state index contributed by atoms with van der Waals surface area (Å²) in [5, 5.41) is 7.93. The molecule has 0 aliphatic heterocycles. The second kappa shape index (κ2) is 5.13. The van der Waals surface area contributed by atoms with Gasteiger partial charge in [-0.15, -0.1) is 0 Å². The van der Waals surface area contributed by atoms with Crippen LogP contribution in [-0.4, -0.2) is 23.2 Å². The molecule has 19 heavy (non-hydrogen) atoms. The van der Waals surface area contributed by atoms with Gasteiger partial charge in [0.1, 0.15) is 0 Å². The normalized spacial score (nSPS) is 22.6. The zero-order valence-electron chi connectivity index (χ0n) is 10.5. The highest BCUT2D eigenvalue weighted by molar-refractivity contribution is 7.08. The van der Waals surface area contributed by atoms with Crippen LogP contribution in [0.2, 0.25) is 0 Å². The first-order valence-corrected chi connectivity index (χ1v) is 7.18. The van der Waals surface area contributed by atoms with Crippen molar-refractivity contribution in [2.45, 2.75) is 25.2 Å². The Morgan fingerprint density at radius 1 is 1.53 bits per heavy atom. The molecule has 6 heteroatoms. The maximum atomic E-state index is 11.7. The zero-order chi connectivity index (χ0) is 13.2. The van der Waals surface area contributed by atoms with Crippen LogP contribution in [-0.2, 0) is 9.53 Å². The summed E-state index contributed by atoms with van der Waals surface area (Å²) in [7, 11) is 1.42. The van der Waals surface area contributed by atoms with E-state index in [1.54, 1.807) is 11.3 Å². The lowest BCUT2D eigenvalue weighted by Gasteiger charge is -2.12. The number of carbonyl (C=O) groups is 1. The van der Waals surface area contributed by atoms with Crippen LogP contribution in [0.3, 0.4) is 0 Å². The van der Waals surface area contributed by atoms with Crippen LogP contribution < -0.4 is 0 Å². The SMILES string of the molecule is COC(=O)[C@H]1CCC[C@H]1c1nc(-c2ccsc2)no1. The van der Waals surface area contributed by atoms with Gasteiger partial charge in [-0.2, -0.15) is 16.3 Å². The predicted octanol–water partition coefficient (Wildman–Crippen LogP) is 2.85. The number of nitrogens with zero attached hydrogens (tertiary/aromatic N) is 2. The van der Waals surface area contributed by atoms with E-state index in [4.69, 9.17) is 9.26 Å². The van der Waals surface area contributed by atoms with Gasteiger partial charge in [0.25, 0.3) is 0 Å². The molecule has 0 unspecified atom stereocenters. The molecule has 1 aliphatic rings. The Balaban J connectivity index is 1.84. The van der Waals surface area contributed by atoms with Crippen LogP contribution in [0.15, 0.2) is 21.3 Å². The molecule has 0 radical (unpaired) electrons. The first kappa shape index (κ1) is 12.3. The lowest BCUT2D eigenvalue weighted by atomic mass is 9.96. The van der Waals surface area contributed by atoms with E-state index in [-0.39, 0.29) is 17.8 Å². The summed E-state index contributed by atoms with van der Waals surface area (Å²) in [5.41, 5.74) is 0.951. The van der Waals surface area contributed by atoms with Crippen LogP contribution >= 0.6 is 11.3 Å².